The number of aromatic nitrogens is 5. The van der Waals surface area contributed by atoms with Gasteiger partial charge in [-0.25, -0.2) is 19.3 Å². The van der Waals surface area contributed by atoms with E-state index in [0.717, 1.165) is 11.3 Å². The van der Waals surface area contributed by atoms with Crippen LogP contribution in [-0.4, -0.2) is 30.6 Å². The Bertz CT molecular complexity index is 1210. The summed E-state index contributed by atoms with van der Waals surface area (Å²) in [6.45, 7) is 6.12. The van der Waals surface area contributed by atoms with Crippen LogP contribution < -0.4 is 5.32 Å². The highest BCUT2D eigenvalue weighted by Gasteiger charge is 2.22. The standard InChI is InChI=1S/C23H23FN6O2/c1-23(2,3)18-13-19(30(29-18)22-25-11-4-12-26-22)28-20(31)9-10-21-27-14-17(32-21)15-5-7-16(24)8-6-15/h4-8,11-14H,9-10H2,1-3H3,(H,28,31). The molecule has 0 aliphatic heterocycles. The van der Waals surface area contributed by atoms with E-state index >= 15 is 0 Å². The summed E-state index contributed by atoms with van der Waals surface area (Å²) in [5.41, 5.74) is 1.31. The maximum atomic E-state index is 13.1. The molecule has 3 aromatic heterocycles. The van der Waals surface area contributed by atoms with Gasteiger partial charge in [0.05, 0.1) is 11.9 Å². The first-order valence-corrected chi connectivity index (χ1v) is 10.2. The fourth-order valence-corrected chi connectivity index (χ4v) is 2.99. The molecule has 32 heavy (non-hydrogen) atoms. The van der Waals surface area contributed by atoms with Crippen LogP contribution in [0.3, 0.4) is 0 Å². The first-order chi connectivity index (χ1) is 15.3. The molecule has 0 aliphatic rings. The quantitative estimate of drug-likeness (QED) is 0.485. The topological polar surface area (TPSA) is 98.7 Å². The van der Waals surface area contributed by atoms with E-state index in [1.807, 2.05) is 26.8 Å². The number of nitrogens with zero attached hydrogens (tertiary/aromatic N) is 5. The third-order valence-electron chi connectivity index (χ3n) is 4.74. The second kappa shape index (κ2) is 8.70. The van der Waals surface area contributed by atoms with Gasteiger partial charge < -0.3 is 9.73 Å². The largest absolute Gasteiger partial charge is 0.441 e. The molecule has 0 spiro atoms. The third kappa shape index (κ3) is 4.88. The Labute approximate surface area is 184 Å². The van der Waals surface area contributed by atoms with Gasteiger partial charge in [0, 0.05) is 42.3 Å². The van der Waals surface area contributed by atoms with E-state index in [-0.39, 0.29) is 23.6 Å². The summed E-state index contributed by atoms with van der Waals surface area (Å²) < 4.78 is 20.3. The van der Waals surface area contributed by atoms with Gasteiger partial charge in [-0.1, -0.05) is 20.8 Å². The number of carbonyl (C=O) groups is 1. The Morgan fingerprint density at radius 1 is 1.12 bits per heavy atom. The van der Waals surface area contributed by atoms with Crippen molar-refractivity contribution in [1.82, 2.24) is 24.7 Å². The summed E-state index contributed by atoms with van der Waals surface area (Å²) in [4.78, 5) is 25.3. The monoisotopic (exact) mass is 434 g/mol. The summed E-state index contributed by atoms with van der Waals surface area (Å²) >= 11 is 0. The number of amides is 1. The number of oxazole rings is 1. The van der Waals surface area contributed by atoms with Gasteiger partial charge >= 0.3 is 0 Å². The SMILES string of the molecule is CC(C)(C)c1cc(NC(=O)CCc2ncc(-c3ccc(F)cc3)o2)n(-c2ncccn2)n1. The first kappa shape index (κ1) is 21.4. The lowest BCUT2D eigenvalue weighted by Gasteiger charge is -2.13. The van der Waals surface area contributed by atoms with Crippen molar-refractivity contribution in [3.63, 3.8) is 0 Å². The fourth-order valence-electron chi connectivity index (χ4n) is 2.99. The second-order valence-electron chi connectivity index (χ2n) is 8.30. The molecule has 0 radical (unpaired) electrons. The minimum Gasteiger partial charge on any atom is -0.441 e. The van der Waals surface area contributed by atoms with Crippen molar-refractivity contribution in [3.05, 3.63) is 72.4 Å². The van der Waals surface area contributed by atoms with E-state index < -0.39 is 0 Å². The van der Waals surface area contributed by atoms with Crippen LogP contribution in [-0.2, 0) is 16.6 Å². The number of rotatable bonds is 6. The third-order valence-corrected chi connectivity index (χ3v) is 4.74. The van der Waals surface area contributed by atoms with Gasteiger partial charge in [-0.3, -0.25) is 4.79 Å². The Balaban J connectivity index is 1.45. The van der Waals surface area contributed by atoms with E-state index in [1.165, 1.54) is 16.8 Å². The van der Waals surface area contributed by atoms with E-state index in [1.54, 1.807) is 36.8 Å². The van der Waals surface area contributed by atoms with Crippen molar-refractivity contribution >= 4 is 11.7 Å². The van der Waals surface area contributed by atoms with Crippen molar-refractivity contribution in [2.45, 2.75) is 39.0 Å². The van der Waals surface area contributed by atoms with Crippen molar-refractivity contribution in [2.75, 3.05) is 5.32 Å². The molecule has 0 aliphatic carbocycles. The van der Waals surface area contributed by atoms with Crippen molar-refractivity contribution in [2.24, 2.45) is 0 Å². The smallest absolute Gasteiger partial charge is 0.252 e. The molecule has 4 rings (SSSR count). The number of carbonyl (C=O) groups excluding carboxylic acids is 1. The molecule has 0 atom stereocenters. The van der Waals surface area contributed by atoms with Gasteiger partial charge in [-0.15, -0.1) is 0 Å². The average Bonchev–Trinajstić information content (AvgIpc) is 3.41. The summed E-state index contributed by atoms with van der Waals surface area (Å²) in [5, 5.41) is 7.47. The summed E-state index contributed by atoms with van der Waals surface area (Å²) in [6, 6.07) is 9.49. The second-order valence-corrected chi connectivity index (χ2v) is 8.30. The van der Waals surface area contributed by atoms with Crippen LogP contribution in [0.1, 0.15) is 38.8 Å². The van der Waals surface area contributed by atoms with Crippen molar-refractivity contribution < 1.29 is 13.6 Å². The molecule has 0 bridgehead atoms. The van der Waals surface area contributed by atoms with Crippen LogP contribution in [0.15, 0.2) is 59.4 Å². The lowest BCUT2D eigenvalue weighted by Crippen LogP contribution is -2.16. The highest BCUT2D eigenvalue weighted by Crippen LogP contribution is 2.26. The van der Waals surface area contributed by atoms with Crippen molar-refractivity contribution in [3.8, 4) is 17.3 Å². The zero-order valence-corrected chi connectivity index (χ0v) is 18.0. The minimum atomic E-state index is -0.320. The number of benzene rings is 1. The Morgan fingerprint density at radius 3 is 2.53 bits per heavy atom. The lowest BCUT2D eigenvalue weighted by atomic mass is 9.92. The number of hydrogen-bond donors (Lipinski definition) is 1. The molecule has 8 nitrogen and oxygen atoms in total. The van der Waals surface area contributed by atoms with Crippen LogP contribution >= 0.6 is 0 Å². The molecule has 1 amide bonds. The van der Waals surface area contributed by atoms with E-state index in [0.29, 0.717) is 29.8 Å². The molecule has 9 heteroatoms. The Hall–Kier alpha value is -3.88. The Kier molecular flexibility index (Phi) is 5.81. The highest BCUT2D eigenvalue weighted by molar-refractivity contribution is 5.90. The van der Waals surface area contributed by atoms with Gasteiger partial charge in [0.15, 0.2) is 11.7 Å². The molecular weight excluding hydrogens is 411 g/mol. The van der Waals surface area contributed by atoms with Crippen LogP contribution in [0, 0.1) is 5.82 Å². The zero-order valence-electron chi connectivity index (χ0n) is 18.0. The van der Waals surface area contributed by atoms with E-state index in [4.69, 9.17) is 4.42 Å². The molecule has 1 aromatic carbocycles. The molecule has 0 unspecified atom stereocenters. The summed E-state index contributed by atoms with van der Waals surface area (Å²) in [7, 11) is 0. The van der Waals surface area contributed by atoms with Crippen LogP contribution in [0.25, 0.3) is 17.3 Å². The normalized spacial score (nSPS) is 11.5. The van der Waals surface area contributed by atoms with E-state index in [9.17, 15) is 9.18 Å². The van der Waals surface area contributed by atoms with E-state index in [2.05, 4.69) is 25.4 Å². The van der Waals surface area contributed by atoms with Gasteiger partial charge in [-0.05, 0) is 30.3 Å². The fraction of sp³-hybridized carbons (Fsp3) is 0.261. The summed E-state index contributed by atoms with van der Waals surface area (Å²) in [6.07, 6.45) is 5.28. The molecule has 0 fully saturated rings. The average molecular weight is 434 g/mol. The predicted molar refractivity (Wildman–Crippen MR) is 117 cm³/mol. The van der Waals surface area contributed by atoms with Crippen LogP contribution in [0.2, 0.25) is 0 Å². The van der Waals surface area contributed by atoms with Gasteiger partial charge in [0.2, 0.25) is 5.91 Å². The maximum Gasteiger partial charge on any atom is 0.252 e. The number of hydrogen-bond acceptors (Lipinski definition) is 6. The number of anilines is 1. The van der Waals surface area contributed by atoms with Crippen LogP contribution in [0.4, 0.5) is 10.2 Å². The Morgan fingerprint density at radius 2 is 1.84 bits per heavy atom. The highest BCUT2D eigenvalue weighted by atomic mass is 19.1. The molecule has 3 heterocycles. The van der Waals surface area contributed by atoms with Gasteiger partial charge in [-0.2, -0.15) is 9.78 Å². The molecule has 0 saturated heterocycles. The summed E-state index contributed by atoms with van der Waals surface area (Å²) in [5.74, 6) is 1.27. The maximum absolute atomic E-state index is 13.1. The molecular formula is C23H23FN6O2. The lowest BCUT2D eigenvalue weighted by molar-refractivity contribution is -0.116. The molecule has 0 saturated carbocycles. The zero-order chi connectivity index (χ0) is 22.7. The molecule has 1 N–H and O–H groups in total. The van der Waals surface area contributed by atoms with Gasteiger partial charge in [0.1, 0.15) is 11.6 Å². The predicted octanol–water partition coefficient (Wildman–Crippen LogP) is 4.33. The van der Waals surface area contributed by atoms with Gasteiger partial charge in [0.25, 0.3) is 5.95 Å². The number of nitrogens with one attached hydrogen (secondary N) is 1. The molecule has 164 valence electrons. The minimum absolute atomic E-state index is 0.162. The van der Waals surface area contributed by atoms with Crippen molar-refractivity contribution in [1.29, 1.82) is 0 Å². The van der Waals surface area contributed by atoms with Crippen LogP contribution in [0.5, 0.6) is 0 Å². The molecule has 4 aromatic rings. The number of halogens is 1. The number of aryl methyl sites for hydroxylation is 1. The first-order valence-electron chi connectivity index (χ1n) is 10.2.